The highest BCUT2D eigenvalue weighted by Gasteiger charge is 2.36. The molecule has 1 saturated carbocycles. The van der Waals surface area contributed by atoms with Crippen molar-refractivity contribution in [3.63, 3.8) is 0 Å². The molecule has 1 aliphatic rings. The number of hydrogen-bond donors (Lipinski definition) is 0. The highest BCUT2D eigenvalue weighted by molar-refractivity contribution is 6.29. The molecule has 0 bridgehead atoms. The molecule has 0 aromatic carbocycles. The van der Waals surface area contributed by atoms with Crippen LogP contribution in [0.5, 0.6) is 0 Å². The van der Waals surface area contributed by atoms with E-state index >= 15 is 0 Å². The zero-order valence-corrected chi connectivity index (χ0v) is 13.0. The molecule has 8 heteroatoms. The predicted octanol–water partition coefficient (Wildman–Crippen LogP) is 3.21. The topological polar surface area (TPSA) is 60.7 Å². The molecule has 0 spiro atoms. The molecule has 5 nitrogen and oxygen atoms in total. The van der Waals surface area contributed by atoms with Crippen LogP contribution >= 0.6 is 11.6 Å². The minimum Gasteiger partial charge on any atom is -0.284 e. The second-order valence-corrected chi connectivity index (χ2v) is 6.06. The van der Waals surface area contributed by atoms with Crippen molar-refractivity contribution < 1.29 is 8.78 Å². The fraction of sp³-hybridized carbons (Fsp3) is 0.571. The Morgan fingerprint density at radius 3 is 2.36 bits per heavy atom. The molecule has 2 heterocycles. The largest absolute Gasteiger partial charge is 0.290 e. The first-order valence-corrected chi connectivity index (χ1v) is 7.47. The number of rotatable bonds is 1. The summed E-state index contributed by atoms with van der Waals surface area (Å²) in [5.74, 6) is -2.66. The van der Waals surface area contributed by atoms with Crippen molar-refractivity contribution in [1.82, 2.24) is 19.5 Å². The highest BCUT2D eigenvalue weighted by Crippen LogP contribution is 2.38. The first-order chi connectivity index (χ1) is 10.3. The van der Waals surface area contributed by atoms with E-state index < -0.39 is 11.5 Å². The first-order valence-electron chi connectivity index (χ1n) is 7.09. The highest BCUT2D eigenvalue weighted by atomic mass is 35.5. The van der Waals surface area contributed by atoms with Crippen LogP contribution in [0.2, 0.25) is 5.15 Å². The molecular formula is C14H15ClF2N4O. The predicted molar refractivity (Wildman–Crippen MR) is 78.5 cm³/mol. The number of nitrogens with zero attached hydrogens (tertiary/aromatic N) is 4. The maximum Gasteiger partial charge on any atom is 0.290 e. The average Bonchev–Trinajstić information content (AvgIpc) is 2.44. The van der Waals surface area contributed by atoms with Crippen LogP contribution in [-0.4, -0.2) is 25.4 Å². The molecule has 0 amide bonds. The van der Waals surface area contributed by atoms with E-state index in [-0.39, 0.29) is 42.5 Å². The van der Waals surface area contributed by atoms with Gasteiger partial charge in [-0.2, -0.15) is 0 Å². The van der Waals surface area contributed by atoms with Gasteiger partial charge in [-0.3, -0.25) is 9.36 Å². The number of halogens is 3. The van der Waals surface area contributed by atoms with E-state index in [0.717, 1.165) is 0 Å². The summed E-state index contributed by atoms with van der Waals surface area (Å²) in [7, 11) is 0. The third-order valence-electron chi connectivity index (χ3n) is 4.15. The minimum atomic E-state index is -2.66. The van der Waals surface area contributed by atoms with Crippen LogP contribution in [0.3, 0.4) is 0 Å². The van der Waals surface area contributed by atoms with Crippen LogP contribution in [0.1, 0.15) is 43.1 Å². The van der Waals surface area contributed by atoms with Gasteiger partial charge in [0.05, 0.1) is 11.4 Å². The van der Waals surface area contributed by atoms with E-state index in [1.54, 1.807) is 13.8 Å². The SMILES string of the molecule is Cc1nc2nc(Cl)c(=O)n(C3CCC(F)(F)CC3)c2nc1C. The van der Waals surface area contributed by atoms with E-state index in [1.165, 1.54) is 4.57 Å². The van der Waals surface area contributed by atoms with Crippen molar-refractivity contribution in [1.29, 1.82) is 0 Å². The van der Waals surface area contributed by atoms with Gasteiger partial charge in [-0.25, -0.2) is 23.7 Å². The van der Waals surface area contributed by atoms with Crippen molar-refractivity contribution >= 4 is 22.9 Å². The fourth-order valence-electron chi connectivity index (χ4n) is 2.77. The van der Waals surface area contributed by atoms with Gasteiger partial charge in [-0.15, -0.1) is 0 Å². The van der Waals surface area contributed by atoms with Gasteiger partial charge in [-0.05, 0) is 26.7 Å². The lowest BCUT2D eigenvalue weighted by molar-refractivity contribution is -0.0439. The summed E-state index contributed by atoms with van der Waals surface area (Å²) in [6, 6.07) is -0.355. The summed E-state index contributed by atoms with van der Waals surface area (Å²) in [6.07, 6.45) is -0.0818. The third kappa shape index (κ3) is 2.58. The lowest BCUT2D eigenvalue weighted by Gasteiger charge is -2.29. The molecule has 0 N–H and O–H groups in total. The second kappa shape index (κ2) is 5.22. The normalized spacial score (nSPS) is 18.8. The van der Waals surface area contributed by atoms with Crippen LogP contribution in [0.15, 0.2) is 4.79 Å². The molecule has 0 unspecified atom stereocenters. The van der Waals surface area contributed by atoms with Gasteiger partial charge >= 0.3 is 0 Å². The maximum absolute atomic E-state index is 13.4. The van der Waals surface area contributed by atoms with Gasteiger partial charge in [0.1, 0.15) is 0 Å². The summed E-state index contributed by atoms with van der Waals surface area (Å²) in [4.78, 5) is 25.0. The van der Waals surface area contributed by atoms with Gasteiger partial charge < -0.3 is 0 Å². The van der Waals surface area contributed by atoms with Gasteiger partial charge in [-0.1, -0.05) is 11.6 Å². The molecule has 2 aromatic heterocycles. The molecule has 2 aromatic rings. The summed E-state index contributed by atoms with van der Waals surface area (Å²) in [5.41, 5.74) is 1.45. The number of aromatic nitrogens is 4. The van der Waals surface area contributed by atoms with Crippen LogP contribution in [0.25, 0.3) is 11.3 Å². The second-order valence-electron chi connectivity index (χ2n) is 5.71. The molecule has 22 heavy (non-hydrogen) atoms. The van der Waals surface area contributed by atoms with Crippen LogP contribution in [0, 0.1) is 13.8 Å². The molecule has 0 atom stereocenters. The van der Waals surface area contributed by atoms with Gasteiger partial charge in [0.2, 0.25) is 5.92 Å². The number of aryl methyl sites for hydroxylation is 2. The Labute approximate surface area is 130 Å². The number of fused-ring (bicyclic) bond motifs is 1. The Morgan fingerprint density at radius 2 is 1.73 bits per heavy atom. The Hall–Kier alpha value is -1.63. The van der Waals surface area contributed by atoms with Crippen molar-refractivity contribution in [2.75, 3.05) is 0 Å². The summed E-state index contributed by atoms with van der Waals surface area (Å²) < 4.78 is 28.1. The van der Waals surface area contributed by atoms with E-state index in [2.05, 4.69) is 15.0 Å². The van der Waals surface area contributed by atoms with Crippen molar-refractivity contribution in [3.8, 4) is 0 Å². The standard InChI is InChI=1S/C14H15ClF2N4O/c1-7-8(2)19-12-11(18-7)20-10(15)13(22)21(12)9-3-5-14(16,17)6-4-9/h9H,3-6H2,1-2H3. The van der Waals surface area contributed by atoms with Crippen molar-refractivity contribution in [3.05, 3.63) is 26.9 Å². The van der Waals surface area contributed by atoms with Crippen LogP contribution in [-0.2, 0) is 0 Å². The molecule has 1 fully saturated rings. The summed E-state index contributed by atoms with van der Waals surface area (Å²) >= 11 is 5.90. The Bertz CT molecular complexity index is 796. The van der Waals surface area contributed by atoms with Gasteiger partial charge in [0, 0.05) is 18.9 Å². The van der Waals surface area contributed by atoms with E-state index in [9.17, 15) is 13.6 Å². The molecule has 0 aliphatic heterocycles. The Morgan fingerprint density at radius 1 is 1.14 bits per heavy atom. The zero-order valence-electron chi connectivity index (χ0n) is 12.2. The molecule has 1 aliphatic carbocycles. The van der Waals surface area contributed by atoms with E-state index in [0.29, 0.717) is 17.0 Å². The fourth-order valence-corrected chi connectivity index (χ4v) is 2.95. The molecule has 0 saturated heterocycles. The summed E-state index contributed by atoms with van der Waals surface area (Å²) in [6.45, 7) is 3.56. The maximum atomic E-state index is 13.4. The lowest BCUT2D eigenvalue weighted by Crippen LogP contribution is -2.33. The molecular weight excluding hydrogens is 314 g/mol. The minimum absolute atomic E-state index is 0.205. The third-order valence-corrected chi connectivity index (χ3v) is 4.40. The van der Waals surface area contributed by atoms with Crippen LogP contribution < -0.4 is 5.56 Å². The van der Waals surface area contributed by atoms with Crippen molar-refractivity contribution in [2.24, 2.45) is 0 Å². The van der Waals surface area contributed by atoms with Crippen LogP contribution in [0.4, 0.5) is 8.78 Å². The quantitative estimate of drug-likeness (QED) is 0.806. The van der Waals surface area contributed by atoms with E-state index in [4.69, 9.17) is 11.6 Å². The molecule has 118 valence electrons. The summed E-state index contributed by atoms with van der Waals surface area (Å²) in [5, 5.41) is -0.206. The van der Waals surface area contributed by atoms with Gasteiger partial charge in [0.25, 0.3) is 5.56 Å². The Kier molecular flexibility index (Phi) is 3.63. The lowest BCUT2D eigenvalue weighted by atomic mass is 9.92. The van der Waals surface area contributed by atoms with E-state index in [1.807, 2.05) is 0 Å². The average molecular weight is 329 g/mol. The first kappa shape index (κ1) is 15.3. The number of hydrogen-bond acceptors (Lipinski definition) is 4. The molecule has 0 radical (unpaired) electrons. The van der Waals surface area contributed by atoms with Gasteiger partial charge in [0.15, 0.2) is 16.4 Å². The smallest absolute Gasteiger partial charge is 0.284 e. The van der Waals surface area contributed by atoms with Crippen molar-refractivity contribution in [2.45, 2.75) is 51.5 Å². The zero-order chi connectivity index (χ0) is 16.1. The molecule has 3 rings (SSSR count). The monoisotopic (exact) mass is 328 g/mol. The number of alkyl halides is 2. The Balaban J connectivity index is 2.18.